The highest BCUT2D eigenvalue weighted by atomic mass is 16.5. The van der Waals surface area contributed by atoms with Crippen LogP contribution in [0, 0.1) is 5.39 Å². The van der Waals surface area contributed by atoms with Crippen LogP contribution in [-0.4, -0.2) is 35.1 Å². The molecule has 1 N–H and O–H groups in total. The molecule has 0 amide bonds. The number of rotatable bonds is 7. The van der Waals surface area contributed by atoms with Crippen molar-refractivity contribution in [3.8, 4) is 0 Å². The Morgan fingerprint density at radius 1 is 1.43 bits per heavy atom. The third-order valence-corrected chi connectivity index (χ3v) is 3.94. The van der Waals surface area contributed by atoms with Gasteiger partial charge in [-0.1, -0.05) is 30.3 Å². The van der Waals surface area contributed by atoms with Crippen LogP contribution >= 0.6 is 0 Å². The highest BCUT2D eigenvalue weighted by Crippen LogP contribution is 2.20. The predicted octanol–water partition coefficient (Wildman–Crippen LogP) is 3.23. The molecular weight excluding hydrogens is 294 g/mol. The Bertz CT molecular complexity index is 580. The molecule has 6 nitrogen and oxygen atoms in total. The van der Waals surface area contributed by atoms with E-state index in [0.717, 1.165) is 31.1 Å². The minimum atomic E-state index is -0.202. The number of benzene rings is 1. The fraction of sp³-hybridized carbons (Fsp3) is 0.471. The van der Waals surface area contributed by atoms with Crippen LogP contribution in [0.1, 0.15) is 31.2 Å². The summed E-state index contributed by atoms with van der Waals surface area (Å²) in [6, 6.07) is 9.43. The molecule has 1 saturated heterocycles. The lowest BCUT2D eigenvalue weighted by atomic mass is 10.2. The zero-order valence-corrected chi connectivity index (χ0v) is 13.1. The summed E-state index contributed by atoms with van der Waals surface area (Å²) in [7, 11) is 0. The molecule has 0 saturated carbocycles. The SMILES string of the molecule is N#[N+]/C=C(\O)CCCN1CCC[C@H]1C(=O)OCc1ccccc1. The van der Waals surface area contributed by atoms with E-state index in [9.17, 15) is 9.90 Å². The standard InChI is InChI=1S/C17H21N3O3/c18-19-12-15(21)8-4-10-20-11-5-9-16(20)17(22)23-13-14-6-2-1-3-7-14/h1-3,6-7,12,16H,4-5,8-11,13H2/p+1/b15-12-/t16-/m0/s1. The highest BCUT2D eigenvalue weighted by Gasteiger charge is 2.31. The van der Waals surface area contributed by atoms with E-state index in [1.165, 1.54) is 0 Å². The van der Waals surface area contributed by atoms with Crippen LogP contribution in [0.4, 0.5) is 0 Å². The molecule has 23 heavy (non-hydrogen) atoms. The van der Waals surface area contributed by atoms with Gasteiger partial charge in [0.05, 0.1) is 0 Å². The maximum Gasteiger partial charge on any atom is 0.387 e. The Morgan fingerprint density at radius 2 is 2.22 bits per heavy atom. The summed E-state index contributed by atoms with van der Waals surface area (Å²) in [5.41, 5.74) is 0.980. The van der Waals surface area contributed by atoms with Crippen LogP contribution in [0.25, 0.3) is 4.98 Å². The number of carbonyl (C=O) groups is 1. The van der Waals surface area contributed by atoms with Crippen LogP contribution in [0.2, 0.25) is 0 Å². The van der Waals surface area contributed by atoms with Crippen molar-refractivity contribution in [3.05, 3.63) is 52.8 Å². The molecule has 1 aliphatic heterocycles. The highest BCUT2D eigenvalue weighted by molar-refractivity contribution is 5.76. The average molecular weight is 316 g/mol. The Morgan fingerprint density at radius 3 is 2.96 bits per heavy atom. The van der Waals surface area contributed by atoms with Gasteiger partial charge in [0.15, 0.2) is 10.7 Å². The van der Waals surface area contributed by atoms with Gasteiger partial charge in [0.25, 0.3) is 0 Å². The van der Waals surface area contributed by atoms with Gasteiger partial charge in [0, 0.05) is 6.42 Å². The van der Waals surface area contributed by atoms with Gasteiger partial charge in [-0.3, -0.25) is 9.69 Å². The van der Waals surface area contributed by atoms with Gasteiger partial charge in [-0.05, 0) is 37.9 Å². The van der Waals surface area contributed by atoms with Crippen molar-refractivity contribution >= 4 is 5.97 Å². The lowest BCUT2D eigenvalue weighted by Gasteiger charge is -2.22. The van der Waals surface area contributed by atoms with Crippen LogP contribution < -0.4 is 0 Å². The van der Waals surface area contributed by atoms with E-state index < -0.39 is 0 Å². The molecule has 1 aliphatic rings. The minimum absolute atomic E-state index is 0.0369. The van der Waals surface area contributed by atoms with Gasteiger partial charge < -0.3 is 9.84 Å². The summed E-state index contributed by atoms with van der Waals surface area (Å²) in [6.07, 6.45) is 3.92. The van der Waals surface area contributed by atoms with E-state index in [4.69, 9.17) is 10.1 Å². The Balaban J connectivity index is 1.77. The zero-order chi connectivity index (χ0) is 16.5. The quantitative estimate of drug-likeness (QED) is 0.475. The first-order chi connectivity index (χ1) is 11.2. The van der Waals surface area contributed by atoms with E-state index in [1.807, 2.05) is 30.3 Å². The molecule has 0 spiro atoms. The second kappa shape index (κ2) is 8.91. The lowest BCUT2D eigenvalue weighted by molar-refractivity contribution is -0.150. The van der Waals surface area contributed by atoms with Gasteiger partial charge in [-0.2, -0.15) is 0 Å². The van der Waals surface area contributed by atoms with Crippen molar-refractivity contribution in [1.29, 1.82) is 5.39 Å². The van der Waals surface area contributed by atoms with E-state index in [2.05, 4.69) is 9.88 Å². The van der Waals surface area contributed by atoms with Gasteiger partial charge in [0.1, 0.15) is 12.6 Å². The first-order valence-corrected chi connectivity index (χ1v) is 7.87. The number of hydrogen-bond acceptors (Lipinski definition) is 5. The van der Waals surface area contributed by atoms with Crippen LogP contribution in [0.3, 0.4) is 0 Å². The molecule has 1 aromatic rings. The molecule has 1 atom stereocenters. The number of likely N-dealkylation sites (tertiary alicyclic amines) is 1. The van der Waals surface area contributed by atoms with Gasteiger partial charge in [-0.15, -0.1) is 0 Å². The smallest absolute Gasteiger partial charge is 0.387 e. The van der Waals surface area contributed by atoms with Crippen LogP contribution in [-0.2, 0) is 16.1 Å². The van der Waals surface area contributed by atoms with Gasteiger partial charge in [0.2, 0.25) is 5.39 Å². The van der Waals surface area contributed by atoms with Crippen molar-refractivity contribution in [3.63, 3.8) is 0 Å². The van der Waals surface area contributed by atoms with E-state index in [0.29, 0.717) is 26.0 Å². The number of allylic oxidation sites excluding steroid dienone is 1. The first-order valence-electron chi connectivity index (χ1n) is 7.87. The molecule has 1 aromatic carbocycles. The van der Waals surface area contributed by atoms with E-state index in [1.54, 1.807) is 0 Å². The summed E-state index contributed by atoms with van der Waals surface area (Å²) in [4.78, 5) is 17.1. The summed E-state index contributed by atoms with van der Waals surface area (Å²) in [5.74, 6) is -0.147. The van der Waals surface area contributed by atoms with Crippen LogP contribution in [0.5, 0.6) is 0 Å². The number of aliphatic hydroxyl groups excluding tert-OH is 1. The number of carbonyl (C=O) groups excluding carboxylic acids is 1. The van der Waals surface area contributed by atoms with Crippen molar-refractivity contribution in [2.45, 2.75) is 38.3 Å². The van der Waals surface area contributed by atoms with Gasteiger partial charge in [-0.25, -0.2) is 0 Å². The fourth-order valence-electron chi connectivity index (χ4n) is 2.78. The zero-order valence-electron chi connectivity index (χ0n) is 13.1. The predicted molar refractivity (Wildman–Crippen MR) is 85.9 cm³/mol. The monoisotopic (exact) mass is 316 g/mol. The number of nitrogens with zero attached hydrogens (tertiary/aromatic N) is 3. The van der Waals surface area contributed by atoms with E-state index in [-0.39, 0.29) is 17.8 Å². The normalized spacial score (nSPS) is 18.6. The van der Waals surface area contributed by atoms with Gasteiger partial charge >= 0.3 is 12.2 Å². The third kappa shape index (κ3) is 5.38. The summed E-state index contributed by atoms with van der Waals surface area (Å²) in [6.45, 7) is 1.86. The first kappa shape index (κ1) is 17.0. The lowest BCUT2D eigenvalue weighted by Crippen LogP contribution is -2.37. The Labute approximate surface area is 136 Å². The molecule has 0 aromatic heterocycles. The second-order valence-electron chi connectivity index (χ2n) is 5.63. The third-order valence-electron chi connectivity index (χ3n) is 3.94. The molecule has 2 rings (SSSR count). The molecule has 122 valence electrons. The maximum absolute atomic E-state index is 12.3. The number of hydrogen-bond donors (Lipinski definition) is 1. The number of ether oxygens (including phenoxy) is 1. The Kier molecular flexibility index (Phi) is 6.57. The number of diazo groups is 1. The summed E-state index contributed by atoms with van der Waals surface area (Å²) >= 11 is 0. The van der Waals surface area contributed by atoms with Crippen molar-refractivity contribution in [1.82, 2.24) is 4.90 Å². The molecule has 1 fully saturated rings. The minimum Gasteiger partial charge on any atom is -0.505 e. The molecule has 0 radical (unpaired) electrons. The molecule has 6 heteroatoms. The second-order valence-corrected chi connectivity index (χ2v) is 5.63. The molecular formula is C17H22N3O3+. The number of aliphatic hydroxyl groups is 1. The topological polar surface area (TPSA) is 77.9 Å². The number of esters is 1. The Hall–Kier alpha value is -2.39. The molecule has 0 unspecified atom stereocenters. The van der Waals surface area contributed by atoms with Crippen molar-refractivity contribution in [2.75, 3.05) is 13.1 Å². The van der Waals surface area contributed by atoms with Crippen molar-refractivity contribution in [2.24, 2.45) is 0 Å². The average Bonchev–Trinajstić information content (AvgIpc) is 3.02. The van der Waals surface area contributed by atoms with E-state index >= 15 is 0 Å². The molecule has 0 aliphatic carbocycles. The fourth-order valence-corrected chi connectivity index (χ4v) is 2.78. The largest absolute Gasteiger partial charge is 0.505 e. The van der Waals surface area contributed by atoms with Crippen molar-refractivity contribution < 1.29 is 14.6 Å². The summed E-state index contributed by atoms with van der Waals surface area (Å²) < 4.78 is 5.42. The molecule has 1 heterocycles. The summed E-state index contributed by atoms with van der Waals surface area (Å²) in [5, 5.41) is 17.7. The van der Waals surface area contributed by atoms with Crippen LogP contribution in [0.15, 0.2) is 42.3 Å². The molecule has 0 bridgehead atoms. The maximum atomic E-state index is 12.3.